The Balaban J connectivity index is 1.51. The van der Waals surface area contributed by atoms with E-state index in [1.54, 1.807) is 22.5 Å². The highest BCUT2D eigenvalue weighted by atomic mass is 32.2. The van der Waals surface area contributed by atoms with Crippen LogP contribution >= 0.6 is 11.8 Å². The van der Waals surface area contributed by atoms with Gasteiger partial charge in [-0.1, -0.05) is 31.5 Å². The van der Waals surface area contributed by atoms with Crippen molar-refractivity contribution in [2.45, 2.75) is 67.3 Å². The van der Waals surface area contributed by atoms with Crippen LogP contribution in [0.1, 0.15) is 57.1 Å². The molecule has 0 bridgehead atoms. The fraction of sp³-hybridized carbons (Fsp3) is 0.480. The molecule has 2 aromatic carbocycles. The number of halogens is 3. The minimum atomic E-state index is -3.64. The molecular weight excluding hydrogens is 495 g/mol. The van der Waals surface area contributed by atoms with E-state index in [0.29, 0.717) is 29.7 Å². The molecule has 35 heavy (non-hydrogen) atoms. The smallest absolute Gasteiger partial charge is 0.243 e. The van der Waals surface area contributed by atoms with E-state index < -0.39 is 27.5 Å². The number of nitrogens with zero attached hydrogens (tertiary/aromatic N) is 3. The Bertz CT molecular complexity index is 1350. The molecule has 1 aliphatic heterocycles. The number of piperidine rings is 1. The van der Waals surface area contributed by atoms with Crippen molar-refractivity contribution >= 4 is 32.8 Å². The van der Waals surface area contributed by atoms with Crippen LogP contribution in [-0.2, 0) is 15.8 Å². The average Bonchev–Trinajstić information content (AvgIpc) is 3.48. The largest absolute Gasteiger partial charge is 0.316 e. The predicted octanol–water partition coefficient (Wildman–Crippen LogP) is 6.28. The van der Waals surface area contributed by atoms with Gasteiger partial charge in [0.1, 0.15) is 5.82 Å². The first-order valence-corrected chi connectivity index (χ1v) is 14.5. The van der Waals surface area contributed by atoms with Crippen LogP contribution in [0.3, 0.4) is 0 Å². The van der Waals surface area contributed by atoms with Gasteiger partial charge >= 0.3 is 0 Å². The molecule has 0 radical (unpaired) electrons. The third-order valence-corrected chi connectivity index (χ3v) is 9.90. The Morgan fingerprint density at radius 3 is 2.51 bits per heavy atom. The normalized spacial score (nSPS) is 20.2. The minimum absolute atomic E-state index is 0.123. The third-order valence-electron chi connectivity index (χ3n) is 7.06. The van der Waals surface area contributed by atoms with E-state index in [1.165, 1.54) is 0 Å². The molecule has 3 aromatic rings. The fourth-order valence-corrected chi connectivity index (χ4v) is 7.89. The number of benzene rings is 2. The molecule has 0 amide bonds. The summed E-state index contributed by atoms with van der Waals surface area (Å²) in [7, 11) is -3.64. The zero-order valence-corrected chi connectivity index (χ0v) is 21.1. The van der Waals surface area contributed by atoms with Crippen molar-refractivity contribution in [3.8, 4) is 0 Å². The molecule has 1 atom stereocenters. The van der Waals surface area contributed by atoms with Gasteiger partial charge in [-0.3, -0.25) is 0 Å². The molecule has 1 aliphatic carbocycles. The van der Waals surface area contributed by atoms with Gasteiger partial charge in [-0.05, 0) is 61.9 Å². The highest BCUT2D eigenvalue weighted by Gasteiger charge is 2.30. The van der Waals surface area contributed by atoms with Crippen molar-refractivity contribution in [1.82, 2.24) is 13.9 Å². The molecule has 2 fully saturated rings. The molecule has 2 heterocycles. The number of hydrogen-bond donors (Lipinski definition) is 0. The molecule has 5 rings (SSSR count). The van der Waals surface area contributed by atoms with E-state index in [2.05, 4.69) is 11.5 Å². The quantitative estimate of drug-likeness (QED) is 0.282. The van der Waals surface area contributed by atoms with Crippen molar-refractivity contribution in [3.63, 3.8) is 0 Å². The van der Waals surface area contributed by atoms with Gasteiger partial charge in [-0.25, -0.2) is 26.6 Å². The van der Waals surface area contributed by atoms with Crippen molar-refractivity contribution < 1.29 is 21.6 Å². The number of hydrogen-bond acceptors (Lipinski definition) is 4. The third kappa shape index (κ3) is 4.72. The molecule has 1 aromatic heterocycles. The Kier molecular flexibility index (Phi) is 6.89. The summed E-state index contributed by atoms with van der Waals surface area (Å²) < 4.78 is 72.3. The van der Waals surface area contributed by atoms with Gasteiger partial charge < -0.3 is 4.57 Å². The monoisotopic (exact) mass is 523 g/mol. The van der Waals surface area contributed by atoms with Gasteiger partial charge in [-0.15, -0.1) is 0 Å². The predicted molar refractivity (Wildman–Crippen MR) is 130 cm³/mol. The van der Waals surface area contributed by atoms with Crippen molar-refractivity contribution in [2.24, 2.45) is 5.92 Å². The lowest BCUT2D eigenvalue weighted by molar-refractivity contribution is 0.281. The van der Waals surface area contributed by atoms with E-state index in [-0.39, 0.29) is 22.3 Å². The highest BCUT2D eigenvalue weighted by Crippen LogP contribution is 2.38. The van der Waals surface area contributed by atoms with Gasteiger partial charge in [-0.2, -0.15) is 4.31 Å². The SMILES string of the molecule is C[C@@H]1CCCN(S(=O)(=O)c2ccc3c(c2)nc(SCc2c(F)ccc(F)c2F)n3C2CCCC2)C1. The van der Waals surface area contributed by atoms with E-state index in [9.17, 15) is 21.6 Å². The maximum atomic E-state index is 14.2. The maximum absolute atomic E-state index is 14.2. The summed E-state index contributed by atoms with van der Waals surface area (Å²) in [5.41, 5.74) is 0.999. The second-order valence-corrected chi connectivity index (χ2v) is 12.5. The van der Waals surface area contributed by atoms with Crippen LogP contribution < -0.4 is 0 Å². The molecule has 1 saturated carbocycles. The Morgan fingerprint density at radius 2 is 1.77 bits per heavy atom. The topological polar surface area (TPSA) is 55.2 Å². The Morgan fingerprint density at radius 1 is 1.03 bits per heavy atom. The highest BCUT2D eigenvalue weighted by molar-refractivity contribution is 7.98. The van der Waals surface area contributed by atoms with Gasteiger partial charge in [0.05, 0.1) is 15.9 Å². The van der Waals surface area contributed by atoms with Crippen LogP contribution in [0.5, 0.6) is 0 Å². The van der Waals surface area contributed by atoms with Gasteiger partial charge in [0, 0.05) is 30.4 Å². The molecule has 0 unspecified atom stereocenters. The average molecular weight is 524 g/mol. The van der Waals surface area contributed by atoms with E-state index in [1.807, 2.05) is 0 Å². The van der Waals surface area contributed by atoms with Crippen LogP contribution in [-0.4, -0.2) is 35.4 Å². The summed E-state index contributed by atoms with van der Waals surface area (Å²) in [6.07, 6.45) is 5.90. The van der Waals surface area contributed by atoms with Gasteiger partial charge in [0.15, 0.2) is 16.8 Å². The van der Waals surface area contributed by atoms with Crippen LogP contribution in [0.4, 0.5) is 13.2 Å². The minimum Gasteiger partial charge on any atom is -0.316 e. The molecule has 10 heteroatoms. The van der Waals surface area contributed by atoms with Gasteiger partial charge in [0.25, 0.3) is 0 Å². The fourth-order valence-electron chi connectivity index (χ4n) is 5.19. The lowest BCUT2D eigenvalue weighted by Crippen LogP contribution is -2.39. The summed E-state index contributed by atoms with van der Waals surface area (Å²) in [6.45, 7) is 3.07. The second-order valence-electron chi connectivity index (χ2n) is 9.57. The van der Waals surface area contributed by atoms with Crippen molar-refractivity contribution in [3.05, 3.63) is 53.3 Å². The molecule has 2 aliphatic rings. The molecule has 0 spiro atoms. The summed E-state index contributed by atoms with van der Waals surface area (Å²) in [6, 6.07) is 6.89. The summed E-state index contributed by atoms with van der Waals surface area (Å²) in [4.78, 5) is 4.90. The van der Waals surface area contributed by atoms with Gasteiger partial charge in [0.2, 0.25) is 10.0 Å². The number of aromatic nitrogens is 2. The van der Waals surface area contributed by atoms with E-state index in [4.69, 9.17) is 4.98 Å². The number of imidazole rings is 1. The first kappa shape index (κ1) is 24.6. The molecule has 5 nitrogen and oxygen atoms in total. The summed E-state index contributed by atoms with van der Waals surface area (Å²) >= 11 is 1.14. The number of rotatable bonds is 6. The molecular formula is C25H28F3N3O2S2. The van der Waals surface area contributed by atoms with E-state index >= 15 is 0 Å². The van der Waals surface area contributed by atoms with E-state index in [0.717, 1.165) is 67.9 Å². The molecule has 188 valence electrons. The first-order valence-electron chi connectivity index (χ1n) is 12.0. The van der Waals surface area contributed by atoms with Crippen LogP contribution in [0.25, 0.3) is 11.0 Å². The Hall–Kier alpha value is -2.04. The molecule has 0 N–H and O–H groups in total. The van der Waals surface area contributed by atoms with Crippen LogP contribution in [0.2, 0.25) is 0 Å². The van der Waals surface area contributed by atoms with Crippen molar-refractivity contribution in [2.75, 3.05) is 13.1 Å². The van der Waals surface area contributed by atoms with Crippen LogP contribution in [0.15, 0.2) is 40.4 Å². The van der Waals surface area contributed by atoms with Crippen molar-refractivity contribution in [1.29, 1.82) is 0 Å². The summed E-state index contributed by atoms with van der Waals surface area (Å²) in [5.74, 6) is -2.89. The first-order chi connectivity index (χ1) is 16.8. The molecule has 1 saturated heterocycles. The lowest BCUT2D eigenvalue weighted by atomic mass is 10.0. The van der Waals surface area contributed by atoms with Crippen LogP contribution in [0, 0.1) is 23.4 Å². The number of fused-ring (bicyclic) bond motifs is 1. The zero-order chi connectivity index (χ0) is 24.7. The Labute approximate surface area is 207 Å². The summed E-state index contributed by atoms with van der Waals surface area (Å²) in [5, 5.41) is 0.552. The standard InChI is InChI=1S/C25H28F3N3O2S2/c1-16-5-4-12-30(14-16)35(32,33)18-8-11-23-22(13-18)29-25(31(23)17-6-2-3-7-17)34-15-19-20(26)9-10-21(27)24(19)28/h8-11,13,16-17H,2-7,12,14-15H2,1H3/t16-/m1/s1. The second kappa shape index (κ2) is 9.78. The number of thioether (sulfide) groups is 1. The zero-order valence-electron chi connectivity index (χ0n) is 19.5. The lowest BCUT2D eigenvalue weighted by Gasteiger charge is -2.30. The number of sulfonamides is 1. The maximum Gasteiger partial charge on any atom is 0.243 e.